The van der Waals surface area contributed by atoms with Crippen molar-refractivity contribution < 1.29 is 14.4 Å². The van der Waals surface area contributed by atoms with E-state index in [0.717, 1.165) is 17.1 Å². The fourth-order valence-electron chi connectivity index (χ4n) is 0.960. The first-order chi connectivity index (χ1) is 8.12. The van der Waals surface area contributed by atoms with Crippen LogP contribution in [0.3, 0.4) is 0 Å². The molecule has 3 N–H and O–H groups in total. The number of aldehydes is 1. The maximum atomic E-state index is 10.9. The topological polar surface area (TPSA) is 92.5 Å². The standard InChI is InChI=1S/C7H8N2O3.C2H7N.C2H6/c8-3-5(4-10)9-6(11)1-2-7(9)12;1-3-2;1-2/h1-2,4-5H,3,8H2;3H,1-2H3;1-2H3. The summed E-state index contributed by atoms with van der Waals surface area (Å²) in [5.74, 6) is -0.967. The van der Waals surface area contributed by atoms with Crippen LogP contribution in [0.1, 0.15) is 13.8 Å². The number of nitrogens with two attached hydrogens (primary N) is 1. The highest BCUT2D eigenvalue weighted by Gasteiger charge is 2.29. The summed E-state index contributed by atoms with van der Waals surface area (Å²) in [7, 11) is 3.75. The van der Waals surface area contributed by atoms with Gasteiger partial charge in [-0.2, -0.15) is 0 Å². The van der Waals surface area contributed by atoms with Gasteiger partial charge in [-0.25, -0.2) is 0 Å². The molecule has 0 spiro atoms. The molecule has 0 bridgehead atoms. The van der Waals surface area contributed by atoms with Gasteiger partial charge in [-0.15, -0.1) is 0 Å². The zero-order valence-electron chi connectivity index (χ0n) is 10.8. The van der Waals surface area contributed by atoms with Crippen LogP contribution in [0.25, 0.3) is 0 Å². The molecular weight excluding hydrogens is 222 g/mol. The van der Waals surface area contributed by atoms with Crippen LogP contribution < -0.4 is 11.1 Å². The van der Waals surface area contributed by atoms with Crippen molar-refractivity contribution in [3.8, 4) is 0 Å². The van der Waals surface area contributed by atoms with Crippen LogP contribution in [0.5, 0.6) is 0 Å². The Morgan fingerprint density at radius 3 is 1.88 bits per heavy atom. The van der Waals surface area contributed by atoms with Crippen LogP contribution in [-0.2, 0) is 14.4 Å². The number of hydrogen-bond donors (Lipinski definition) is 2. The summed E-state index contributed by atoms with van der Waals surface area (Å²) in [5.41, 5.74) is 5.18. The third-order valence-electron chi connectivity index (χ3n) is 1.57. The maximum absolute atomic E-state index is 10.9. The summed E-state index contributed by atoms with van der Waals surface area (Å²) in [6.45, 7) is 3.96. The molecule has 0 radical (unpaired) electrons. The van der Waals surface area contributed by atoms with Gasteiger partial charge in [0.15, 0.2) is 0 Å². The molecule has 1 rings (SSSR count). The van der Waals surface area contributed by atoms with Crippen LogP contribution in [0.2, 0.25) is 0 Å². The van der Waals surface area contributed by atoms with Crippen LogP contribution >= 0.6 is 0 Å². The van der Waals surface area contributed by atoms with Crippen molar-refractivity contribution in [3.05, 3.63) is 12.2 Å². The molecule has 0 aromatic carbocycles. The van der Waals surface area contributed by atoms with Gasteiger partial charge in [0.1, 0.15) is 12.3 Å². The molecule has 1 heterocycles. The molecule has 1 unspecified atom stereocenters. The lowest BCUT2D eigenvalue weighted by Gasteiger charge is -2.18. The van der Waals surface area contributed by atoms with Crippen molar-refractivity contribution >= 4 is 18.1 Å². The van der Waals surface area contributed by atoms with Gasteiger partial charge >= 0.3 is 0 Å². The first-order valence-electron chi connectivity index (χ1n) is 5.41. The lowest BCUT2D eigenvalue weighted by molar-refractivity contribution is -0.141. The van der Waals surface area contributed by atoms with Crippen LogP contribution in [0.4, 0.5) is 0 Å². The Bertz CT molecular complexity index is 259. The van der Waals surface area contributed by atoms with Crippen molar-refractivity contribution in [3.63, 3.8) is 0 Å². The molecule has 17 heavy (non-hydrogen) atoms. The van der Waals surface area contributed by atoms with Gasteiger partial charge in [0.2, 0.25) is 0 Å². The molecule has 0 aliphatic carbocycles. The summed E-state index contributed by atoms with van der Waals surface area (Å²) in [4.78, 5) is 33.1. The van der Waals surface area contributed by atoms with Crippen LogP contribution in [0, 0.1) is 0 Å². The van der Waals surface area contributed by atoms with Gasteiger partial charge in [-0.05, 0) is 14.1 Å². The molecule has 1 aliphatic rings. The Hall–Kier alpha value is -1.53. The van der Waals surface area contributed by atoms with E-state index in [1.54, 1.807) is 0 Å². The van der Waals surface area contributed by atoms with Gasteiger partial charge in [0, 0.05) is 18.7 Å². The number of carbonyl (C=O) groups excluding carboxylic acids is 3. The Kier molecular flexibility index (Phi) is 11.5. The average molecular weight is 243 g/mol. The highest BCUT2D eigenvalue weighted by molar-refractivity contribution is 6.14. The molecule has 6 nitrogen and oxygen atoms in total. The lowest BCUT2D eigenvalue weighted by Crippen LogP contribution is -2.45. The molecule has 0 fully saturated rings. The zero-order valence-corrected chi connectivity index (χ0v) is 10.8. The highest BCUT2D eigenvalue weighted by atomic mass is 16.2. The van der Waals surface area contributed by atoms with E-state index < -0.39 is 17.9 Å². The van der Waals surface area contributed by atoms with Gasteiger partial charge in [0.25, 0.3) is 11.8 Å². The lowest BCUT2D eigenvalue weighted by atomic mass is 10.3. The summed E-state index contributed by atoms with van der Waals surface area (Å²) < 4.78 is 0. The molecule has 0 aromatic rings. The normalized spacial score (nSPS) is 14.5. The van der Waals surface area contributed by atoms with E-state index in [0.29, 0.717) is 6.29 Å². The fraction of sp³-hybridized carbons (Fsp3) is 0.545. The Labute approximate surface area is 102 Å². The van der Waals surface area contributed by atoms with Gasteiger partial charge in [-0.3, -0.25) is 14.5 Å². The molecule has 1 atom stereocenters. The summed E-state index contributed by atoms with van der Waals surface area (Å²) in [6, 6.07) is -0.833. The number of carbonyl (C=O) groups is 3. The monoisotopic (exact) mass is 243 g/mol. The third kappa shape index (κ3) is 5.94. The number of nitrogens with zero attached hydrogens (tertiary/aromatic N) is 1. The molecule has 0 saturated heterocycles. The maximum Gasteiger partial charge on any atom is 0.254 e. The quantitative estimate of drug-likeness (QED) is 0.505. The minimum absolute atomic E-state index is 0.0390. The molecule has 1 aliphatic heterocycles. The van der Waals surface area contributed by atoms with E-state index in [4.69, 9.17) is 5.73 Å². The van der Waals surface area contributed by atoms with Crippen LogP contribution in [-0.4, -0.2) is 49.7 Å². The predicted octanol–water partition coefficient (Wildman–Crippen LogP) is -0.701. The second-order valence-corrected chi connectivity index (χ2v) is 2.82. The largest absolute Gasteiger partial charge is 0.328 e. The number of rotatable bonds is 3. The second-order valence-electron chi connectivity index (χ2n) is 2.82. The van der Waals surface area contributed by atoms with Crippen molar-refractivity contribution in [2.24, 2.45) is 5.73 Å². The molecule has 2 amide bonds. The van der Waals surface area contributed by atoms with Gasteiger partial charge < -0.3 is 15.8 Å². The fourth-order valence-corrected chi connectivity index (χ4v) is 0.960. The van der Waals surface area contributed by atoms with E-state index in [1.165, 1.54) is 0 Å². The molecule has 0 saturated carbocycles. The van der Waals surface area contributed by atoms with E-state index in [2.05, 4.69) is 5.32 Å². The first kappa shape index (κ1) is 17.9. The number of amides is 2. The third-order valence-corrected chi connectivity index (χ3v) is 1.57. The van der Waals surface area contributed by atoms with Crippen molar-refractivity contribution in [1.82, 2.24) is 10.2 Å². The molecular formula is C11H21N3O3. The Morgan fingerprint density at radius 1 is 1.29 bits per heavy atom. The van der Waals surface area contributed by atoms with E-state index in [1.807, 2.05) is 27.9 Å². The predicted molar refractivity (Wildman–Crippen MR) is 66.2 cm³/mol. The average Bonchev–Trinajstić information content (AvgIpc) is 2.66. The minimum Gasteiger partial charge on any atom is -0.328 e. The Morgan fingerprint density at radius 2 is 1.65 bits per heavy atom. The second kappa shape index (κ2) is 11.0. The molecule has 6 heteroatoms. The summed E-state index contributed by atoms with van der Waals surface area (Å²) >= 11 is 0. The van der Waals surface area contributed by atoms with E-state index >= 15 is 0 Å². The SMILES string of the molecule is CC.CNC.NCC(C=O)N1C(=O)C=CC1=O. The van der Waals surface area contributed by atoms with E-state index in [-0.39, 0.29) is 6.54 Å². The number of nitrogens with one attached hydrogen (secondary N) is 1. The van der Waals surface area contributed by atoms with Crippen molar-refractivity contribution in [1.29, 1.82) is 0 Å². The van der Waals surface area contributed by atoms with Gasteiger partial charge in [-0.1, -0.05) is 13.8 Å². The molecule has 0 aromatic heterocycles. The zero-order chi connectivity index (χ0) is 13.8. The summed E-state index contributed by atoms with van der Waals surface area (Å²) in [6.07, 6.45) is 2.73. The van der Waals surface area contributed by atoms with Crippen molar-refractivity contribution in [2.75, 3.05) is 20.6 Å². The van der Waals surface area contributed by atoms with Crippen molar-refractivity contribution in [2.45, 2.75) is 19.9 Å². The van der Waals surface area contributed by atoms with Gasteiger partial charge in [0.05, 0.1) is 0 Å². The minimum atomic E-state index is -0.833. The number of hydrogen-bond acceptors (Lipinski definition) is 5. The van der Waals surface area contributed by atoms with E-state index in [9.17, 15) is 14.4 Å². The first-order valence-corrected chi connectivity index (χ1v) is 5.41. The molecule has 98 valence electrons. The van der Waals surface area contributed by atoms with Crippen LogP contribution in [0.15, 0.2) is 12.2 Å². The highest BCUT2D eigenvalue weighted by Crippen LogP contribution is 2.06. The number of imide groups is 1. The smallest absolute Gasteiger partial charge is 0.254 e. The Balaban J connectivity index is 0. The summed E-state index contributed by atoms with van der Waals surface area (Å²) in [5, 5.41) is 2.75.